The van der Waals surface area contributed by atoms with Crippen LogP contribution in [0.15, 0.2) is 30.6 Å². The van der Waals surface area contributed by atoms with E-state index >= 15 is 0 Å². The molecule has 1 aromatic carbocycles. The van der Waals surface area contributed by atoms with Gasteiger partial charge in [-0.2, -0.15) is 0 Å². The molecule has 2 heterocycles. The van der Waals surface area contributed by atoms with E-state index in [2.05, 4.69) is 15.1 Å². The van der Waals surface area contributed by atoms with Crippen LogP contribution in [0.3, 0.4) is 0 Å². The highest BCUT2D eigenvalue weighted by Crippen LogP contribution is 2.27. The van der Waals surface area contributed by atoms with Crippen molar-refractivity contribution >= 4 is 5.97 Å². The van der Waals surface area contributed by atoms with E-state index in [-0.39, 0.29) is 0 Å². The maximum atomic E-state index is 10.9. The highest BCUT2D eigenvalue weighted by Gasteiger charge is 2.22. The highest BCUT2D eigenvalue weighted by molar-refractivity contribution is 5.87. The van der Waals surface area contributed by atoms with Crippen molar-refractivity contribution in [3.05, 3.63) is 47.5 Å². The summed E-state index contributed by atoms with van der Waals surface area (Å²) in [6.07, 6.45) is 4.01. The van der Waals surface area contributed by atoms with E-state index < -0.39 is 5.97 Å². The quantitative estimate of drug-likeness (QED) is 0.933. The zero-order valence-corrected chi connectivity index (χ0v) is 12.6. The lowest BCUT2D eigenvalue weighted by atomic mass is 9.90. The Balaban J connectivity index is 1.67. The van der Waals surface area contributed by atoms with Crippen LogP contribution in [0.4, 0.5) is 0 Å². The molecule has 0 radical (unpaired) electrons. The van der Waals surface area contributed by atoms with Crippen LogP contribution in [-0.2, 0) is 13.6 Å². The average molecular weight is 300 g/mol. The summed E-state index contributed by atoms with van der Waals surface area (Å²) in [4.78, 5) is 13.3. The third-order valence-corrected chi connectivity index (χ3v) is 4.30. The van der Waals surface area contributed by atoms with Gasteiger partial charge in [0.25, 0.3) is 0 Å². The Morgan fingerprint density at radius 2 is 2.14 bits per heavy atom. The Labute approximate surface area is 129 Å². The molecule has 1 aromatic heterocycles. The molecule has 1 saturated heterocycles. The van der Waals surface area contributed by atoms with Crippen LogP contribution < -0.4 is 0 Å². The largest absolute Gasteiger partial charge is 0.478 e. The van der Waals surface area contributed by atoms with Crippen LogP contribution in [0.25, 0.3) is 0 Å². The summed E-state index contributed by atoms with van der Waals surface area (Å²) >= 11 is 0. The molecular weight excluding hydrogens is 280 g/mol. The molecule has 6 heteroatoms. The van der Waals surface area contributed by atoms with E-state index in [4.69, 9.17) is 5.11 Å². The number of likely N-dealkylation sites (tertiary alicyclic amines) is 1. The monoisotopic (exact) mass is 300 g/mol. The molecule has 116 valence electrons. The normalized spacial score (nSPS) is 19.2. The first kappa shape index (κ1) is 14.7. The molecule has 1 fully saturated rings. The van der Waals surface area contributed by atoms with Gasteiger partial charge in [-0.3, -0.25) is 4.90 Å². The first-order valence-corrected chi connectivity index (χ1v) is 7.52. The molecule has 22 heavy (non-hydrogen) atoms. The smallest absolute Gasteiger partial charge is 0.335 e. The molecule has 6 nitrogen and oxygen atoms in total. The standard InChI is InChI=1S/C16H20N4O2/c1-19-11-17-18-15(19)10-20-8-2-3-14(9-20)12-4-6-13(7-5-12)16(21)22/h4-7,11,14H,2-3,8-10H2,1H3,(H,21,22)/t14-/m1/s1. The number of hydrogen-bond donors (Lipinski definition) is 1. The minimum atomic E-state index is -0.876. The number of carboxylic acids is 1. The van der Waals surface area contributed by atoms with Gasteiger partial charge < -0.3 is 9.67 Å². The SMILES string of the molecule is Cn1cnnc1CN1CCC[C@@H](c2ccc(C(=O)O)cc2)C1. The zero-order chi connectivity index (χ0) is 15.5. The number of carboxylic acid groups (broad SMARTS) is 1. The topological polar surface area (TPSA) is 71.2 Å². The number of aromatic carboxylic acids is 1. The lowest BCUT2D eigenvalue weighted by Gasteiger charge is -2.32. The number of piperidine rings is 1. The summed E-state index contributed by atoms with van der Waals surface area (Å²) in [6, 6.07) is 7.28. The van der Waals surface area contributed by atoms with Crippen molar-refractivity contribution in [3.8, 4) is 0 Å². The number of benzene rings is 1. The van der Waals surface area contributed by atoms with Crippen LogP contribution in [0.2, 0.25) is 0 Å². The molecule has 1 aliphatic heterocycles. The number of carbonyl (C=O) groups is 1. The fourth-order valence-electron chi connectivity index (χ4n) is 3.02. The molecular formula is C16H20N4O2. The average Bonchev–Trinajstić information content (AvgIpc) is 2.93. The highest BCUT2D eigenvalue weighted by atomic mass is 16.4. The van der Waals surface area contributed by atoms with Gasteiger partial charge in [0.15, 0.2) is 0 Å². The number of aromatic nitrogens is 3. The number of hydrogen-bond acceptors (Lipinski definition) is 4. The van der Waals surface area contributed by atoms with E-state index in [0.717, 1.165) is 38.3 Å². The van der Waals surface area contributed by atoms with Crippen LogP contribution in [0.1, 0.15) is 40.5 Å². The molecule has 1 aliphatic rings. The lowest BCUT2D eigenvalue weighted by molar-refractivity contribution is 0.0697. The second-order valence-corrected chi connectivity index (χ2v) is 5.86. The van der Waals surface area contributed by atoms with Gasteiger partial charge in [0.05, 0.1) is 12.1 Å². The molecule has 1 atom stereocenters. The van der Waals surface area contributed by atoms with Gasteiger partial charge in [-0.25, -0.2) is 4.79 Å². The predicted octanol–water partition coefficient (Wildman–Crippen LogP) is 1.89. The van der Waals surface area contributed by atoms with Gasteiger partial charge in [0, 0.05) is 13.6 Å². The molecule has 0 aliphatic carbocycles. The number of aryl methyl sites for hydroxylation is 1. The fourth-order valence-corrected chi connectivity index (χ4v) is 3.02. The first-order valence-electron chi connectivity index (χ1n) is 7.52. The minimum Gasteiger partial charge on any atom is -0.478 e. The lowest BCUT2D eigenvalue weighted by Crippen LogP contribution is -2.34. The molecule has 0 unspecified atom stereocenters. The molecule has 2 aromatic rings. The van der Waals surface area contributed by atoms with Gasteiger partial charge in [-0.05, 0) is 43.0 Å². The summed E-state index contributed by atoms with van der Waals surface area (Å²) in [7, 11) is 1.96. The predicted molar refractivity (Wildman–Crippen MR) is 81.7 cm³/mol. The first-order chi connectivity index (χ1) is 10.6. The van der Waals surface area contributed by atoms with Crippen molar-refractivity contribution in [1.82, 2.24) is 19.7 Å². The van der Waals surface area contributed by atoms with Gasteiger partial charge in [-0.1, -0.05) is 12.1 Å². The summed E-state index contributed by atoms with van der Waals surface area (Å²) in [5, 5.41) is 17.0. The summed E-state index contributed by atoms with van der Waals surface area (Å²) in [6.45, 7) is 2.84. The van der Waals surface area contributed by atoms with Gasteiger partial charge in [0.1, 0.15) is 12.2 Å². The molecule has 0 spiro atoms. The third-order valence-electron chi connectivity index (χ3n) is 4.30. The Hall–Kier alpha value is -2.21. The van der Waals surface area contributed by atoms with E-state index in [1.165, 1.54) is 5.56 Å². The van der Waals surface area contributed by atoms with Crippen molar-refractivity contribution in [2.24, 2.45) is 7.05 Å². The van der Waals surface area contributed by atoms with Crippen molar-refractivity contribution in [2.75, 3.05) is 13.1 Å². The second-order valence-electron chi connectivity index (χ2n) is 5.86. The maximum absolute atomic E-state index is 10.9. The van der Waals surface area contributed by atoms with Crippen LogP contribution in [0, 0.1) is 0 Å². The van der Waals surface area contributed by atoms with Crippen molar-refractivity contribution < 1.29 is 9.90 Å². The Kier molecular flexibility index (Phi) is 4.20. The Bertz CT molecular complexity index is 650. The maximum Gasteiger partial charge on any atom is 0.335 e. The van der Waals surface area contributed by atoms with Crippen molar-refractivity contribution in [3.63, 3.8) is 0 Å². The molecule has 0 amide bonds. The van der Waals surface area contributed by atoms with Crippen molar-refractivity contribution in [2.45, 2.75) is 25.3 Å². The van der Waals surface area contributed by atoms with Gasteiger partial charge in [-0.15, -0.1) is 10.2 Å². The van der Waals surface area contributed by atoms with E-state index in [1.54, 1.807) is 18.5 Å². The second kappa shape index (κ2) is 6.27. The van der Waals surface area contributed by atoms with E-state index in [1.807, 2.05) is 23.7 Å². The third kappa shape index (κ3) is 3.17. The summed E-state index contributed by atoms with van der Waals surface area (Å²) in [5.41, 5.74) is 1.56. The fraction of sp³-hybridized carbons (Fsp3) is 0.438. The molecule has 0 bridgehead atoms. The molecule has 3 rings (SSSR count). The van der Waals surface area contributed by atoms with Crippen molar-refractivity contribution in [1.29, 1.82) is 0 Å². The minimum absolute atomic E-state index is 0.343. The van der Waals surface area contributed by atoms with E-state index in [9.17, 15) is 4.79 Å². The summed E-state index contributed by atoms with van der Waals surface area (Å²) < 4.78 is 1.95. The van der Waals surface area contributed by atoms with Crippen LogP contribution in [-0.4, -0.2) is 43.8 Å². The van der Waals surface area contributed by atoms with Gasteiger partial charge >= 0.3 is 5.97 Å². The Morgan fingerprint density at radius 3 is 2.77 bits per heavy atom. The molecule has 1 N–H and O–H groups in total. The number of rotatable bonds is 4. The number of nitrogens with zero attached hydrogens (tertiary/aromatic N) is 4. The molecule has 0 saturated carbocycles. The van der Waals surface area contributed by atoms with Crippen LogP contribution in [0.5, 0.6) is 0 Å². The Morgan fingerprint density at radius 1 is 1.36 bits per heavy atom. The van der Waals surface area contributed by atoms with Crippen LogP contribution >= 0.6 is 0 Å². The van der Waals surface area contributed by atoms with E-state index in [0.29, 0.717) is 11.5 Å². The van der Waals surface area contributed by atoms with Gasteiger partial charge in [0.2, 0.25) is 0 Å². The zero-order valence-electron chi connectivity index (χ0n) is 12.6. The summed E-state index contributed by atoms with van der Waals surface area (Å²) in [5.74, 6) is 0.547.